The largest absolute Gasteiger partial charge is 0.465 e. The van der Waals surface area contributed by atoms with Crippen molar-refractivity contribution >= 4 is 23.5 Å². The van der Waals surface area contributed by atoms with Crippen LogP contribution >= 0.6 is 0 Å². The van der Waals surface area contributed by atoms with Crippen molar-refractivity contribution in [3.05, 3.63) is 29.8 Å². The molecule has 0 aliphatic heterocycles. The number of nitrogens with one attached hydrogen (secondary N) is 1. The van der Waals surface area contributed by atoms with Crippen LogP contribution in [0.15, 0.2) is 24.3 Å². The number of esters is 1. The summed E-state index contributed by atoms with van der Waals surface area (Å²) in [7, 11) is 3.00. The fraction of sp³-hybridized carbons (Fsp3) is 0.438. The Kier molecular flexibility index (Phi) is 7.08. The van der Waals surface area contributed by atoms with Crippen molar-refractivity contribution in [1.82, 2.24) is 4.90 Å². The molecule has 0 aliphatic rings. The van der Waals surface area contributed by atoms with E-state index < -0.39 is 5.97 Å². The van der Waals surface area contributed by atoms with Gasteiger partial charge in [-0.2, -0.15) is 0 Å². The summed E-state index contributed by atoms with van der Waals surface area (Å²) in [6.45, 7) is 2.69. The van der Waals surface area contributed by atoms with Crippen molar-refractivity contribution in [2.45, 2.75) is 26.2 Å². The SMILES string of the molecule is CCCCN(C)C(=O)CC(=O)Nc1ccc(C(=O)OC)cc1. The first-order valence-electron chi connectivity index (χ1n) is 7.20. The van der Waals surface area contributed by atoms with E-state index in [1.165, 1.54) is 7.11 Å². The highest BCUT2D eigenvalue weighted by atomic mass is 16.5. The zero-order valence-corrected chi connectivity index (χ0v) is 13.2. The molecule has 1 N–H and O–H groups in total. The van der Waals surface area contributed by atoms with Crippen molar-refractivity contribution in [1.29, 1.82) is 0 Å². The summed E-state index contributed by atoms with van der Waals surface area (Å²) in [5.41, 5.74) is 0.928. The van der Waals surface area contributed by atoms with E-state index >= 15 is 0 Å². The molecule has 22 heavy (non-hydrogen) atoms. The number of rotatable bonds is 7. The Morgan fingerprint density at radius 2 is 1.82 bits per heavy atom. The van der Waals surface area contributed by atoms with Crippen LogP contribution in [0.1, 0.15) is 36.5 Å². The van der Waals surface area contributed by atoms with Gasteiger partial charge in [0, 0.05) is 19.3 Å². The molecular formula is C16H22N2O4. The Labute approximate surface area is 130 Å². The van der Waals surface area contributed by atoms with E-state index in [-0.39, 0.29) is 18.2 Å². The van der Waals surface area contributed by atoms with Gasteiger partial charge in [-0.05, 0) is 30.7 Å². The number of unbranched alkanes of at least 4 members (excludes halogenated alkanes) is 1. The van der Waals surface area contributed by atoms with Gasteiger partial charge in [-0.1, -0.05) is 13.3 Å². The van der Waals surface area contributed by atoms with Crippen LogP contribution in [-0.2, 0) is 14.3 Å². The smallest absolute Gasteiger partial charge is 0.337 e. The zero-order chi connectivity index (χ0) is 16.5. The summed E-state index contributed by atoms with van der Waals surface area (Å²) < 4.78 is 4.59. The number of hydrogen-bond acceptors (Lipinski definition) is 4. The lowest BCUT2D eigenvalue weighted by atomic mass is 10.2. The summed E-state index contributed by atoms with van der Waals surface area (Å²) >= 11 is 0. The van der Waals surface area contributed by atoms with Crippen molar-refractivity contribution in [2.24, 2.45) is 0 Å². The molecule has 0 unspecified atom stereocenters. The van der Waals surface area contributed by atoms with Gasteiger partial charge < -0.3 is 15.0 Å². The summed E-state index contributed by atoms with van der Waals surface area (Å²) in [5.74, 6) is -1.03. The highest BCUT2D eigenvalue weighted by molar-refractivity contribution is 6.03. The lowest BCUT2D eigenvalue weighted by molar-refractivity contribution is -0.133. The second-order valence-corrected chi connectivity index (χ2v) is 4.96. The third-order valence-electron chi connectivity index (χ3n) is 3.17. The van der Waals surface area contributed by atoms with Crippen molar-refractivity contribution in [3.8, 4) is 0 Å². The van der Waals surface area contributed by atoms with E-state index in [2.05, 4.69) is 10.1 Å². The van der Waals surface area contributed by atoms with Crippen LogP contribution in [0.5, 0.6) is 0 Å². The second-order valence-electron chi connectivity index (χ2n) is 4.96. The Bertz CT molecular complexity index is 525. The van der Waals surface area contributed by atoms with E-state index in [1.807, 2.05) is 6.92 Å². The molecule has 0 fully saturated rings. The minimum absolute atomic E-state index is 0.195. The van der Waals surface area contributed by atoms with Crippen LogP contribution in [0.3, 0.4) is 0 Å². The van der Waals surface area contributed by atoms with E-state index in [4.69, 9.17) is 0 Å². The Balaban J connectivity index is 2.51. The van der Waals surface area contributed by atoms with Crippen LogP contribution in [0.4, 0.5) is 5.69 Å². The molecule has 0 bridgehead atoms. The fourth-order valence-electron chi connectivity index (χ4n) is 1.80. The van der Waals surface area contributed by atoms with Gasteiger partial charge in [0.15, 0.2) is 0 Å². The number of ether oxygens (including phenoxy) is 1. The van der Waals surface area contributed by atoms with Gasteiger partial charge in [0.05, 0.1) is 12.7 Å². The molecule has 0 aromatic heterocycles. The lowest BCUT2D eigenvalue weighted by Gasteiger charge is -2.16. The molecule has 0 spiro atoms. The topological polar surface area (TPSA) is 75.7 Å². The van der Waals surface area contributed by atoms with Gasteiger partial charge in [-0.3, -0.25) is 9.59 Å². The van der Waals surface area contributed by atoms with Gasteiger partial charge >= 0.3 is 5.97 Å². The van der Waals surface area contributed by atoms with Gasteiger partial charge in [0.25, 0.3) is 0 Å². The first kappa shape index (κ1) is 17.7. The Hall–Kier alpha value is -2.37. The molecule has 1 aromatic rings. The standard InChI is InChI=1S/C16H22N2O4/c1-4-5-10-18(2)15(20)11-14(19)17-13-8-6-12(7-9-13)16(21)22-3/h6-9H,4-5,10-11H2,1-3H3,(H,17,19). The predicted octanol–water partition coefficient (Wildman–Crippen LogP) is 2.06. The number of benzene rings is 1. The van der Waals surface area contributed by atoms with Crippen LogP contribution in [-0.4, -0.2) is 43.4 Å². The molecule has 0 atom stereocenters. The predicted molar refractivity (Wildman–Crippen MR) is 83.6 cm³/mol. The first-order chi connectivity index (χ1) is 10.5. The molecule has 0 aliphatic carbocycles. The van der Waals surface area contributed by atoms with Crippen LogP contribution in [0.25, 0.3) is 0 Å². The quantitative estimate of drug-likeness (QED) is 0.618. The number of anilines is 1. The van der Waals surface area contributed by atoms with Crippen molar-refractivity contribution in [2.75, 3.05) is 26.0 Å². The summed E-state index contributed by atoms with van der Waals surface area (Å²) in [6.07, 6.45) is 1.72. The number of carbonyl (C=O) groups excluding carboxylic acids is 3. The minimum Gasteiger partial charge on any atom is -0.465 e. The zero-order valence-electron chi connectivity index (χ0n) is 13.2. The number of carbonyl (C=O) groups is 3. The minimum atomic E-state index is -0.439. The average molecular weight is 306 g/mol. The molecule has 120 valence electrons. The van der Waals surface area contributed by atoms with Gasteiger partial charge in [-0.25, -0.2) is 4.79 Å². The average Bonchev–Trinajstić information content (AvgIpc) is 2.52. The van der Waals surface area contributed by atoms with Crippen LogP contribution in [0, 0.1) is 0 Å². The van der Waals surface area contributed by atoms with Crippen LogP contribution in [0.2, 0.25) is 0 Å². The third kappa shape index (κ3) is 5.55. The first-order valence-corrected chi connectivity index (χ1v) is 7.20. The molecule has 1 rings (SSSR count). The van der Waals surface area contributed by atoms with Crippen molar-refractivity contribution < 1.29 is 19.1 Å². The van der Waals surface area contributed by atoms with E-state index in [9.17, 15) is 14.4 Å². The molecular weight excluding hydrogens is 284 g/mol. The normalized spacial score (nSPS) is 9.95. The number of methoxy groups -OCH3 is 1. The van der Waals surface area contributed by atoms with E-state index in [1.54, 1.807) is 36.2 Å². The molecule has 6 nitrogen and oxygen atoms in total. The summed E-state index contributed by atoms with van der Waals surface area (Å²) in [5, 5.41) is 2.63. The molecule has 0 radical (unpaired) electrons. The van der Waals surface area contributed by atoms with Crippen LogP contribution < -0.4 is 5.32 Å². The second kappa shape index (κ2) is 8.81. The maximum absolute atomic E-state index is 11.8. The highest BCUT2D eigenvalue weighted by Gasteiger charge is 2.14. The lowest BCUT2D eigenvalue weighted by Crippen LogP contribution is -2.31. The maximum Gasteiger partial charge on any atom is 0.337 e. The van der Waals surface area contributed by atoms with Gasteiger partial charge in [-0.15, -0.1) is 0 Å². The summed E-state index contributed by atoms with van der Waals surface area (Å²) in [6, 6.07) is 6.29. The van der Waals surface area contributed by atoms with Crippen molar-refractivity contribution in [3.63, 3.8) is 0 Å². The molecule has 0 heterocycles. The maximum atomic E-state index is 11.8. The number of nitrogens with zero attached hydrogens (tertiary/aromatic N) is 1. The molecule has 6 heteroatoms. The summed E-state index contributed by atoms with van der Waals surface area (Å²) in [4.78, 5) is 36.5. The fourth-order valence-corrected chi connectivity index (χ4v) is 1.80. The third-order valence-corrected chi connectivity index (χ3v) is 3.17. The number of amides is 2. The monoisotopic (exact) mass is 306 g/mol. The molecule has 2 amide bonds. The van der Waals surface area contributed by atoms with E-state index in [0.29, 0.717) is 17.8 Å². The van der Waals surface area contributed by atoms with E-state index in [0.717, 1.165) is 12.8 Å². The Morgan fingerprint density at radius 1 is 1.18 bits per heavy atom. The van der Waals surface area contributed by atoms with Gasteiger partial charge in [0.2, 0.25) is 11.8 Å². The number of hydrogen-bond donors (Lipinski definition) is 1. The molecule has 0 saturated carbocycles. The molecule has 0 saturated heterocycles. The highest BCUT2D eigenvalue weighted by Crippen LogP contribution is 2.11. The van der Waals surface area contributed by atoms with Gasteiger partial charge in [0.1, 0.15) is 6.42 Å². The Morgan fingerprint density at radius 3 is 2.36 bits per heavy atom. The molecule has 1 aromatic carbocycles.